The molecule has 0 aromatic carbocycles. The molecule has 0 fully saturated rings. The molecule has 1 heterocycles. The molecule has 0 spiro atoms. The maximum absolute atomic E-state index is 11.3. The zero-order chi connectivity index (χ0) is 11.1. The highest BCUT2D eigenvalue weighted by atomic mass is 32.2. The van der Waals surface area contributed by atoms with E-state index in [9.17, 15) is 4.79 Å². The molecule has 1 aromatic rings. The molecule has 0 saturated carbocycles. The highest BCUT2D eigenvalue weighted by molar-refractivity contribution is 8.00. The van der Waals surface area contributed by atoms with Gasteiger partial charge in [-0.05, 0) is 18.6 Å². The van der Waals surface area contributed by atoms with Crippen molar-refractivity contribution in [1.29, 1.82) is 0 Å². The van der Waals surface area contributed by atoms with E-state index in [4.69, 9.17) is 5.73 Å². The van der Waals surface area contributed by atoms with Gasteiger partial charge in [0.15, 0.2) is 0 Å². The van der Waals surface area contributed by atoms with Crippen LogP contribution in [-0.2, 0) is 4.79 Å². The van der Waals surface area contributed by atoms with Crippen molar-refractivity contribution >= 4 is 23.5 Å². The van der Waals surface area contributed by atoms with E-state index >= 15 is 0 Å². The van der Waals surface area contributed by atoms with Crippen molar-refractivity contribution in [3.05, 3.63) is 18.3 Å². The van der Waals surface area contributed by atoms with Crippen LogP contribution in [0.15, 0.2) is 23.2 Å². The van der Waals surface area contributed by atoms with Crippen molar-refractivity contribution in [1.82, 2.24) is 10.3 Å². The lowest BCUT2D eigenvalue weighted by Crippen LogP contribution is -2.25. The van der Waals surface area contributed by atoms with Crippen molar-refractivity contribution in [3.8, 4) is 0 Å². The smallest absolute Gasteiger partial charge is 0.230 e. The third kappa shape index (κ3) is 4.69. The van der Waals surface area contributed by atoms with Crippen LogP contribution < -0.4 is 11.1 Å². The second-order valence-electron chi connectivity index (χ2n) is 3.06. The Hall–Kier alpha value is -1.23. The van der Waals surface area contributed by atoms with Crippen LogP contribution in [0.3, 0.4) is 0 Å². The predicted molar refractivity (Wildman–Crippen MR) is 62.7 cm³/mol. The van der Waals surface area contributed by atoms with Gasteiger partial charge in [0, 0.05) is 17.6 Å². The molecule has 5 heteroatoms. The number of nitrogen functional groups attached to an aromatic ring is 1. The van der Waals surface area contributed by atoms with Gasteiger partial charge in [-0.1, -0.05) is 6.92 Å². The number of nitrogens with one attached hydrogen (secondary N) is 1. The van der Waals surface area contributed by atoms with Crippen LogP contribution in [0.2, 0.25) is 0 Å². The molecule has 0 bridgehead atoms. The average molecular weight is 225 g/mol. The Morgan fingerprint density at radius 2 is 2.40 bits per heavy atom. The van der Waals surface area contributed by atoms with Crippen molar-refractivity contribution in [3.63, 3.8) is 0 Å². The number of nitrogens with two attached hydrogens (primary N) is 1. The lowest BCUT2D eigenvalue weighted by molar-refractivity contribution is -0.118. The number of amides is 1. The van der Waals surface area contributed by atoms with Crippen LogP contribution >= 0.6 is 11.8 Å². The number of anilines is 1. The molecule has 0 radical (unpaired) electrons. The van der Waals surface area contributed by atoms with Gasteiger partial charge < -0.3 is 11.1 Å². The minimum atomic E-state index is 0.0543. The molecule has 3 N–H and O–H groups in total. The van der Waals surface area contributed by atoms with Crippen LogP contribution in [0.5, 0.6) is 0 Å². The van der Waals surface area contributed by atoms with Crippen molar-refractivity contribution < 1.29 is 4.79 Å². The Morgan fingerprint density at radius 1 is 1.60 bits per heavy atom. The number of hydrogen-bond donors (Lipinski definition) is 2. The van der Waals surface area contributed by atoms with E-state index in [2.05, 4.69) is 10.3 Å². The zero-order valence-corrected chi connectivity index (χ0v) is 9.51. The predicted octanol–water partition coefficient (Wildman–Crippen LogP) is 1.28. The summed E-state index contributed by atoms with van der Waals surface area (Å²) in [4.78, 5) is 16.2. The molecule has 15 heavy (non-hydrogen) atoms. The fourth-order valence-electron chi connectivity index (χ4n) is 0.941. The van der Waals surface area contributed by atoms with E-state index in [0.717, 1.165) is 17.9 Å². The largest absolute Gasteiger partial charge is 0.384 e. The quantitative estimate of drug-likeness (QED) is 0.741. The van der Waals surface area contributed by atoms with E-state index in [-0.39, 0.29) is 5.91 Å². The van der Waals surface area contributed by atoms with E-state index in [1.807, 2.05) is 13.0 Å². The standard InChI is InChI=1S/C10H15N3OS/c1-2-5-12-10(14)7-15-8-3-4-9(11)13-6-8/h3-4,6H,2,5,7H2,1H3,(H2,11,13)(H,12,14). The van der Waals surface area contributed by atoms with Gasteiger partial charge in [-0.15, -0.1) is 11.8 Å². The Labute approximate surface area is 93.7 Å². The Bertz CT molecular complexity index is 313. The van der Waals surface area contributed by atoms with Gasteiger partial charge >= 0.3 is 0 Å². The molecule has 0 atom stereocenters. The SMILES string of the molecule is CCCNC(=O)CSc1ccc(N)nc1. The fraction of sp³-hybridized carbons (Fsp3) is 0.400. The first-order valence-corrected chi connectivity index (χ1v) is 5.82. The molecule has 0 aliphatic carbocycles. The summed E-state index contributed by atoms with van der Waals surface area (Å²) in [5, 5.41) is 2.81. The van der Waals surface area contributed by atoms with Gasteiger partial charge in [0.2, 0.25) is 5.91 Å². The van der Waals surface area contributed by atoms with Crippen LogP contribution in [0.4, 0.5) is 5.82 Å². The van der Waals surface area contributed by atoms with Crippen molar-refractivity contribution in [2.24, 2.45) is 0 Å². The molecule has 4 nitrogen and oxygen atoms in total. The third-order valence-electron chi connectivity index (χ3n) is 1.70. The van der Waals surface area contributed by atoms with Crippen molar-refractivity contribution in [2.75, 3.05) is 18.0 Å². The summed E-state index contributed by atoms with van der Waals surface area (Å²) in [7, 11) is 0. The van der Waals surface area contributed by atoms with E-state index in [1.165, 1.54) is 11.8 Å². The maximum atomic E-state index is 11.3. The highest BCUT2D eigenvalue weighted by Gasteiger charge is 2.01. The summed E-state index contributed by atoms with van der Waals surface area (Å²) in [5.41, 5.74) is 5.45. The molecule has 0 aliphatic rings. The lowest BCUT2D eigenvalue weighted by atomic mass is 10.5. The number of thioether (sulfide) groups is 1. The number of pyridine rings is 1. The Morgan fingerprint density at radius 3 is 3.00 bits per heavy atom. The Kier molecular flexibility index (Phi) is 4.97. The summed E-state index contributed by atoms with van der Waals surface area (Å²) in [6, 6.07) is 3.59. The minimum Gasteiger partial charge on any atom is -0.384 e. The summed E-state index contributed by atoms with van der Waals surface area (Å²) in [6.07, 6.45) is 2.63. The minimum absolute atomic E-state index is 0.0543. The van der Waals surface area contributed by atoms with Crippen LogP contribution in [-0.4, -0.2) is 23.2 Å². The first-order valence-electron chi connectivity index (χ1n) is 4.83. The number of rotatable bonds is 5. The monoisotopic (exact) mass is 225 g/mol. The van der Waals surface area contributed by atoms with Crippen LogP contribution in [0.25, 0.3) is 0 Å². The summed E-state index contributed by atoms with van der Waals surface area (Å²) < 4.78 is 0. The third-order valence-corrected chi connectivity index (χ3v) is 2.68. The van der Waals surface area contributed by atoms with Gasteiger partial charge in [0.25, 0.3) is 0 Å². The van der Waals surface area contributed by atoms with Gasteiger partial charge in [-0.2, -0.15) is 0 Å². The second kappa shape index (κ2) is 6.29. The maximum Gasteiger partial charge on any atom is 0.230 e. The second-order valence-corrected chi connectivity index (χ2v) is 4.11. The van der Waals surface area contributed by atoms with Gasteiger partial charge in [-0.3, -0.25) is 4.79 Å². The molecule has 1 aromatic heterocycles. The number of carbonyl (C=O) groups is 1. The number of carbonyl (C=O) groups excluding carboxylic acids is 1. The molecule has 1 rings (SSSR count). The number of aromatic nitrogens is 1. The lowest BCUT2D eigenvalue weighted by Gasteiger charge is -2.03. The van der Waals surface area contributed by atoms with Crippen molar-refractivity contribution in [2.45, 2.75) is 18.2 Å². The van der Waals surface area contributed by atoms with E-state index in [0.29, 0.717) is 11.6 Å². The molecular weight excluding hydrogens is 210 g/mol. The van der Waals surface area contributed by atoms with Crippen LogP contribution in [0, 0.1) is 0 Å². The summed E-state index contributed by atoms with van der Waals surface area (Å²) in [5.74, 6) is 0.972. The topological polar surface area (TPSA) is 68.0 Å². The first kappa shape index (κ1) is 11.8. The van der Waals surface area contributed by atoms with Gasteiger partial charge in [0.05, 0.1) is 5.75 Å². The van der Waals surface area contributed by atoms with Crippen LogP contribution in [0.1, 0.15) is 13.3 Å². The highest BCUT2D eigenvalue weighted by Crippen LogP contribution is 2.16. The normalized spacial score (nSPS) is 9.93. The Balaban J connectivity index is 2.30. The van der Waals surface area contributed by atoms with E-state index < -0.39 is 0 Å². The average Bonchev–Trinajstić information content (AvgIpc) is 2.25. The molecule has 1 amide bonds. The fourth-order valence-corrected chi connectivity index (χ4v) is 1.63. The molecule has 82 valence electrons. The molecule has 0 aliphatic heterocycles. The summed E-state index contributed by atoms with van der Waals surface area (Å²) in [6.45, 7) is 2.76. The number of nitrogens with zero attached hydrogens (tertiary/aromatic N) is 1. The molecular formula is C10H15N3OS. The van der Waals surface area contributed by atoms with Gasteiger partial charge in [0.1, 0.15) is 5.82 Å². The number of hydrogen-bond acceptors (Lipinski definition) is 4. The van der Waals surface area contributed by atoms with E-state index in [1.54, 1.807) is 12.3 Å². The summed E-state index contributed by atoms with van der Waals surface area (Å²) >= 11 is 1.46. The zero-order valence-electron chi connectivity index (χ0n) is 8.69. The molecule has 0 unspecified atom stereocenters. The first-order chi connectivity index (χ1) is 7.22. The van der Waals surface area contributed by atoms with Gasteiger partial charge in [-0.25, -0.2) is 4.98 Å². The molecule has 0 saturated heterocycles.